The van der Waals surface area contributed by atoms with Crippen LogP contribution in [0.25, 0.3) is 0 Å². The van der Waals surface area contributed by atoms with Crippen LogP contribution in [-0.4, -0.2) is 15.4 Å². The number of nitrogen functional groups attached to an aromatic ring is 1. The third-order valence-electron chi connectivity index (χ3n) is 0.662. The lowest BCUT2D eigenvalue weighted by atomic mass is 10.6. The maximum absolute atomic E-state index is 5.23. The van der Waals surface area contributed by atoms with E-state index in [0.29, 0.717) is 10.3 Å². The molecule has 0 aliphatic carbocycles. The normalized spacial score (nSPS) is 9.00. The summed E-state index contributed by atoms with van der Waals surface area (Å²) in [6, 6.07) is 0. The van der Waals surface area contributed by atoms with Crippen molar-refractivity contribution in [2.24, 2.45) is 0 Å². The SMILES string of the molecule is Nc1n[nH]ncc1=S. The van der Waals surface area contributed by atoms with Gasteiger partial charge in [0.1, 0.15) is 4.51 Å². The number of nitrogens with one attached hydrogen (secondary N) is 1. The monoisotopic (exact) mass is 128 g/mol. The van der Waals surface area contributed by atoms with Gasteiger partial charge < -0.3 is 5.73 Å². The average molecular weight is 128 g/mol. The second-order valence-corrected chi connectivity index (χ2v) is 1.66. The van der Waals surface area contributed by atoms with E-state index in [1.165, 1.54) is 6.20 Å². The van der Waals surface area contributed by atoms with Gasteiger partial charge in [0.25, 0.3) is 0 Å². The van der Waals surface area contributed by atoms with E-state index in [0.717, 1.165) is 0 Å². The molecule has 5 heteroatoms. The lowest BCUT2D eigenvalue weighted by molar-refractivity contribution is 0.869. The smallest absolute Gasteiger partial charge is 0.165 e. The van der Waals surface area contributed by atoms with Gasteiger partial charge in [0, 0.05) is 0 Å². The van der Waals surface area contributed by atoms with Crippen molar-refractivity contribution in [3.63, 3.8) is 0 Å². The van der Waals surface area contributed by atoms with E-state index < -0.39 is 0 Å². The Hall–Kier alpha value is -0.970. The fourth-order valence-electron chi connectivity index (χ4n) is 0.291. The summed E-state index contributed by atoms with van der Waals surface area (Å²) in [5.41, 5.74) is 5.23. The van der Waals surface area contributed by atoms with Crippen molar-refractivity contribution in [1.82, 2.24) is 15.4 Å². The summed E-state index contributed by atoms with van der Waals surface area (Å²) in [6.07, 6.45) is 1.44. The first-order valence-corrected chi connectivity index (χ1v) is 2.37. The Kier molecular flexibility index (Phi) is 1.21. The molecule has 0 aromatic carbocycles. The zero-order chi connectivity index (χ0) is 5.98. The molecule has 0 unspecified atom stereocenters. The van der Waals surface area contributed by atoms with Crippen LogP contribution in [0, 0.1) is 4.51 Å². The minimum atomic E-state index is 0.315. The van der Waals surface area contributed by atoms with Crippen molar-refractivity contribution in [3.05, 3.63) is 10.7 Å². The number of anilines is 1. The Balaban J connectivity index is 3.35. The quantitative estimate of drug-likeness (QED) is 0.487. The molecule has 0 fully saturated rings. The lowest BCUT2D eigenvalue weighted by Gasteiger charge is -1.84. The van der Waals surface area contributed by atoms with Gasteiger partial charge in [0.05, 0.1) is 6.20 Å². The Labute approximate surface area is 50.7 Å². The molecular formula is C3H4N4S. The van der Waals surface area contributed by atoms with E-state index in [9.17, 15) is 0 Å². The van der Waals surface area contributed by atoms with Crippen LogP contribution in [0.15, 0.2) is 6.20 Å². The minimum absolute atomic E-state index is 0.315. The van der Waals surface area contributed by atoms with Crippen LogP contribution in [0.5, 0.6) is 0 Å². The molecule has 0 saturated heterocycles. The van der Waals surface area contributed by atoms with Crippen molar-refractivity contribution in [3.8, 4) is 0 Å². The zero-order valence-corrected chi connectivity index (χ0v) is 4.77. The van der Waals surface area contributed by atoms with E-state index in [2.05, 4.69) is 27.6 Å². The third-order valence-corrected chi connectivity index (χ3v) is 0.977. The molecule has 0 aliphatic heterocycles. The maximum atomic E-state index is 5.23. The number of aromatic amines is 1. The molecular weight excluding hydrogens is 124 g/mol. The number of nitrogens with zero attached hydrogens (tertiary/aromatic N) is 2. The highest BCUT2D eigenvalue weighted by Gasteiger charge is 1.83. The van der Waals surface area contributed by atoms with Crippen molar-refractivity contribution in [2.75, 3.05) is 5.73 Å². The number of H-pyrrole nitrogens is 1. The van der Waals surface area contributed by atoms with Crippen molar-refractivity contribution in [1.29, 1.82) is 0 Å². The summed E-state index contributed by atoms with van der Waals surface area (Å²) in [4.78, 5) is 0. The Morgan fingerprint density at radius 2 is 2.50 bits per heavy atom. The van der Waals surface area contributed by atoms with Crippen LogP contribution >= 0.6 is 12.2 Å². The predicted octanol–water partition coefficient (Wildman–Crippen LogP) is 0.116. The van der Waals surface area contributed by atoms with E-state index >= 15 is 0 Å². The number of nitrogens with two attached hydrogens (primary N) is 1. The van der Waals surface area contributed by atoms with Crippen LogP contribution in [0.3, 0.4) is 0 Å². The summed E-state index contributed by atoms with van der Waals surface area (Å²) in [6.45, 7) is 0. The fourth-order valence-corrected chi connectivity index (χ4v) is 0.390. The Morgan fingerprint density at radius 1 is 1.75 bits per heavy atom. The van der Waals surface area contributed by atoms with Crippen LogP contribution in [0.2, 0.25) is 0 Å². The first kappa shape index (κ1) is 5.17. The molecule has 0 amide bonds. The highest BCUT2D eigenvalue weighted by molar-refractivity contribution is 7.71. The van der Waals surface area contributed by atoms with Crippen LogP contribution in [-0.2, 0) is 0 Å². The second-order valence-electron chi connectivity index (χ2n) is 1.22. The average Bonchev–Trinajstić information content (AvgIpc) is 1.77. The highest BCUT2D eigenvalue weighted by Crippen LogP contribution is 1.91. The second kappa shape index (κ2) is 1.87. The van der Waals surface area contributed by atoms with Crippen molar-refractivity contribution in [2.45, 2.75) is 0 Å². The van der Waals surface area contributed by atoms with E-state index in [1.54, 1.807) is 0 Å². The molecule has 1 aromatic rings. The van der Waals surface area contributed by atoms with E-state index in [-0.39, 0.29) is 0 Å². The molecule has 1 aromatic heterocycles. The molecule has 0 radical (unpaired) electrons. The molecule has 0 atom stereocenters. The molecule has 42 valence electrons. The highest BCUT2D eigenvalue weighted by atomic mass is 32.1. The van der Waals surface area contributed by atoms with Gasteiger partial charge in [-0.25, -0.2) is 0 Å². The van der Waals surface area contributed by atoms with Gasteiger partial charge in [-0.1, -0.05) is 12.2 Å². The van der Waals surface area contributed by atoms with Crippen molar-refractivity contribution >= 4 is 18.0 Å². The lowest BCUT2D eigenvalue weighted by Crippen LogP contribution is -1.94. The maximum Gasteiger partial charge on any atom is 0.165 e. The van der Waals surface area contributed by atoms with Crippen molar-refractivity contribution < 1.29 is 0 Å². The summed E-state index contributed by atoms with van der Waals surface area (Å²) in [5, 5.41) is 9.35. The first-order valence-electron chi connectivity index (χ1n) is 1.96. The summed E-state index contributed by atoms with van der Waals surface area (Å²) in [7, 11) is 0. The molecule has 1 rings (SSSR count). The largest absolute Gasteiger partial charge is 0.381 e. The number of hydrogen-bond acceptors (Lipinski definition) is 4. The zero-order valence-electron chi connectivity index (χ0n) is 3.96. The number of hydrogen-bond donors (Lipinski definition) is 2. The van der Waals surface area contributed by atoms with Gasteiger partial charge >= 0.3 is 0 Å². The minimum Gasteiger partial charge on any atom is -0.381 e. The van der Waals surface area contributed by atoms with Gasteiger partial charge in [-0.3, -0.25) is 0 Å². The fraction of sp³-hybridized carbons (Fsp3) is 0. The van der Waals surface area contributed by atoms with Gasteiger partial charge in [-0.15, -0.1) is 5.10 Å². The summed E-state index contributed by atoms with van der Waals surface area (Å²) >= 11 is 4.68. The molecule has 1 heterocycles. The summed E-state index contributed by atoms with van der Waals surface area (Å²) in [5.74, 6) is 0.315. The topological polar surface area (TPSA) is 67.6 Å². The first-order chi connectivity index (χ1) is 3.80. The van der Waals surface area contributed by atoms with Gasteiger partial charge in [-0.2, -0.15) is 10.3 Å². The van der Waals surface area contributed by atoms with Gasteiger partial charge in [0.2, 0.25) is 0 Å². The number of aromatic nitrogens is 3. The van der Waals surface area contributed by atoms with E-state index in [4.69, 9.17) is 5.73 Å². The summed E-state index contributed by atoms with van der Waals surface area (Å²) < 4.78 is 0.476. The van der Waals surface area contributed by atoms with Crippen LogP contribution < -0.4 is 5.73 Å². The van der Waals surface area contributed by atoms with Crippen LogP contribution in [0.4, 0.5) is 5.82 Å². The predicted molar refractivity (Wildman–Crippen MR) is 31.6 cm³/mol. The van der Waals surface area contributed by atoms with E-state index in [1.807, 2.05) is 0 Å². The van der Waals surface area contributed by atoms with Crippen LogP contribution in [0.1, 0.15) is 0 Å². The molecule has 4 nitrogen and oxygen atoms in total. The third kappa shape index (κ3) is 0.812. The standard InChI is InChI=1S/C3H4N4S/c4-3-2(8)1-5-7-6-3/h1H,(H,7,8)(H2,4,5,6). The Bertz CT molecular complexity index is 229. The molecule has 8 heavy (non-hydrogen) atoms. The van der Waals surface area contributed by atoms with Gasteiger partial charge in [0.15, 0.2) is 5.82 Å². The molecule has 0 spiro atoms. The Morgan fingerprint density at radius 3 is 2.88 bits per heavy atom. The molecule has 0 bridgehead atoms. The molecule has 0 aliphatic rings. The number of rotatable bonds is 0. The molecule has 0 saturated carbocycles. The van der Waals surface area contributed by atoms with Gasteiger partial charge in [-0.05, 0) is 0 Å². The molecule has 3 N–H and O–H groups in total.